The van der Waals surface area contributed by atoms with Crippen LogP contribution in [0.15, 0.2) is 53.4 Å². The zero-order chi connectivity index (χ0) is 21.1. The van der Waals surface area contributed by atoms with Gasteiger partial charge in [-0.05, 0) is 54.8 Å². The van der Waals surface area contributed by atoms with Crippen molar-refractivity contribution in [2.75, 3.05) is 12.4 Å². The first-order chi connectivity index (χ1) is 12.9. The Balaban J connectivity index is 1.98. The van der Waals surface area contributed by atoms with Crippen LogP contribution in [-0.2, 0) is 26.8 Å². The molecule has 0 aliphatic carbocycles. The predicted octanol–water partition coefficient (Wildman–Crippen LogP) is 3.09. The number of primary sulfonamides is 1. The maximum Gasteiger partial charge on any atom is 0.241 e. The number of nitrogens with zero attached hydrogens (tertiary/aromatic N) is 1. The van der Waals surface area contributed by atoms with Gasteiger partial charge in [-0.3, -0.25) is 9.69 Å². The highest BCUT2D eigenvalue weighted by molar-refractivity contribution is 7.89. The number of carbonyl (C=O) groups is 1. The molecular weight excluding hydrogens is 374 g/mol. The van der Waals surface area contributed by atoms with Gasteiger partial charge in [-0.25, -0.2) is 13.6 Å². The largest absolute Gasteiger partial charge is 0.325 e. The van der Waals surface area contributed by atoms with Crippen molar-refractivity contribution in [3.05, 3.63) is 59.7 Å². The molecule has 0 spiro atoms. The van der Waals surface area contributed by atoms with Crippen LogP contribution in [0, 0.1) is 0 Å². The van der Waals surface area contributed by atoms with E-state index in [0.717, 1.165) is 5.56 Å². The number of hydrogen-bond donors (Lipinski definition) is 2. The van der Waals surface area contributed by atoms with Crippen molar-refractivity contribution in [1.82, 2.24) is 4.90 Å². The number of carbonyl (C=O) groups excluding carboxylic acids is 1. The van der Waals surface area contributed by atoms with Gasteiger partial charge in [0, 0.05) is 12.2 Å². The van der Waals surface area contributed by atoms with Crippen molar-refractivity contribution in [3.63, 3.8) is 0 Å². The molecule has 28 heavy (non-hydrogen) atoms. The third-order valence-corrected chi connectivity index (χ3v) is 5.67. The second kappa shape index (κ2) is 8.43. The number of likely N-dealkylation sites (N-methyl/N-ethyl adjacent to an activating group) is 1. The summed E-state index contributed by atoms with van der Waals surface area (Å²) < 4.78 is 22.6. The minimum atomic E-state index is -3.75. The smallest absolute Gasteiger partial charge is 0.241 e. The molecule has 2 rings (SSSR count). The van der Waals surface area contributed by atoms with Crippen LogP contribution in [0.2, 0.25) is 0 Å². The molecule has 0 bridgehead atoms. The highest BCUT2D eigenvalue weighted by atomic mass is 32.2. The van der Waals surface area contributed by atoms with E-state index in [9.17, 15) is 13.2 Å². The van der Waals surface area contributed by atoms with Crippen LogP contribution in [-0.4, -0.2) is 32.3 Å². The van der Waals surface area contributed by atoms with Gasteiger partial charge in [-0.2, -0.15) is 0 Å². The molecule has 7 heteroatoms. The van der Waals surface area contributed by atoms with Crippen LogP contribution in [0.4, 0.5) is 5.69 Å². The first-order valence-electron chi connectivity index (χ1n) is 9.11. The molecule has 0 radical (unpaired) electrons. The van der Waals surface area contributed by atoms with Crippen molar-refractivity contribution in [2.24, 2.45) is 5.14 Å². The van der Waals surface area contributed by atoms with Crippen molar-refractivity contribution in [1.29, 1.82) is 0 Å². The van der Waals surface area contributed by atoms with E-state index in [-0.39, 0.29) is 22.3 Å². The van der Waals surface area contributed by atoms with Gasteiger partial charge in [0.05, 0.1) is 10.9 Å². The normalized spacial score (nSPS) is 13.4. The monoisotopic (exact) mass is 403 g/mol. The summed E-state index contributed by atoms with van der Waals surface area (Å²) >= 11 is 0. The van der Waals surface area contributed by atoms with Crippen LogP contribution >= 0.6 is 0 Å². The Morgan fingerprint density at radius 3 is 2.07 bits per heavy atom. The zero-order valence-corrected chi connectivity index (χ0v) is 17.9. The van der Waals surface area contributed by atoms with Gasteiger partial charge in [0.2, 0.25) is 15.9 Å². The molecule has 1 unspecified atom stereocenters. The van der Waals surface area contributed by atoms with Crippen LogP contribution < -0.4 is 10.5 Å². The van der Waals surface area contributed by atoms with Crippen LogP contribution in [0.3, 0.4) is 0 Å². The fraction of sp³-hybridized carbons (Fsp3) is 0.381. The Hall–Kier alpha value is -2.22. The van der Waals surface area contributed by atoms with Gasteiger partial charge in [0.1, 0.15) is 0 Å². The highest BCUT2D eigenvalue weighted by Crippen LogP contribution is 2.22. The topological polar surface area (TPSA) is 92.5 Å². The number of rotatable bonds is 6. The van der Waals surface area contributed by atoms with Gasteiger partial charge >= 0.3 is 0 Å². The minimum Gasteiger partial charge on any atom is -0.325 e. The van der Waals surface area contributed by atoms with Gasteiger partial charge < -0.3 is 5.32 Å². The average Bonchev–Trinajstić information content (AvgIpc) is 2.60. The average molecular weight is 404 g/mol. The standard InChI is InChI=1S/C21H29N3O3S/c1-15(20(25)23-18-10-12-19(13-11-18)28(22,26)27)24(5)14-16-6-8-17(9-7-16)21(2,3)4/h6-13,15H,14H2,1-5H3,(H,23,25)(H2,22,26,27). The van der Waals surface area contributed by atoms with Crippen molar-refractivity contribution < 1.29 is 13.2 Å². The summed E-state index contributed by atoms with van der Waals surface area (Å²) in [7, 11) is -1.85. The summed E-state index contributed by atoms with van der Waals surface area (Å²) in [5.74, 6) is -0.169. The molecule has 0 aliphatic heterocycles. The molecule has 152 valence electrons. The number of amides is 1. The van der Waals surface area contributed by atoms with E-state index in [1.54, 1.807) is 0 Å². The second-order valence-electron chi connectivity index (χ2n) is 8.10. The molecule has 0 aromatic heterocycles. The minimum absolute atomic E-state index is 0.00868. The van der Waals surface area contributed by atoms with E-state index in [1.165, 1.54) is 29.8 Å². The predicted molar refractivity (Wildman–Crippen MR) is 113 cm³/mol. The third kappa shape index (κ3) is 5.89. The van der Waals surface area contributed by atoms with Crippen molar-refractivity contribution >= 4 is 21.6 Å². The number of benzene rings is 2. The molecule has 2 aromatic carbocycles. The summed E-state index contributed by atoms with van der Waals surface area (Å²) in [5, 5.41) is 7.88. The number of anilines is 1. The van der Waals surface area contributed by atoms with Crippen molar-refractivity contribution in [3.8, 4) is 0 Å². The molecule has 6 nitrogen and oxygen atoms in total. The summed E-state index contributed by atoms with van der Waals surface area (Å²) in [5.41, 5.74) is 3.03. The first kappa shape index (κ1) is 22.1. The van der Waals surface area contributed by atoms with Crippen LogP contribution in [0.25, 0.3) is 0 Å². The molecule has 1 amide bonds. The summed E-state index contributed by atoms with van der Waals surface area (Å²) in [6.07, 6.45) is 0. The van der Waals surface area contributed by atoms with Gasteiger partial charge in [0.15, 0.2) is 0 Å². The molecule has 0 fully saturated rings. The maximum absolute atomic E-state index is 12.5. The Labute approximate surface area is 167 Å². The Morgan fingerprint density at radius 1 is 1.07 bits per heavy atom. The molecule has 0 saturated heterocycles. The quantitative estimate of drug-likeness (QED) is 0.775. The Kier molecular flexibility index (Phi) is 6.64. The van der Waals surface area contributed by atoms with Crippen LogP contribution in [0.1, 0.15) is 38.8 Å². The fourth-order valence-electron chi connectivity index (χ4n) is 2.71. The zero-order valence-electron chi connectivity index (χ0n) is 17.1. The fourth-order valence-corrected chi connectivity index (χ4v) is 3.23. The lowest BCUT2D eigenvalue weighted by atomic mass is 9.87. The summed E-state index contributed by atoms with van der Waals surface area (Å²) in [4.78, 5) is 14.5. The molecule has 0 aliphatic rings. The lowest BCUT2D eigenvalue weighted by Crippen LogP contribution is -2.39. The SMILES string of the molecule is CC(C(=O)Nc1ccc(S(N)(=O)=O)cc1)N(C)Cc1ccc(C(C)(C)C)cc1. The van der Waals surface area contributed by atoms with E-state index in [2.05, 4.69) is 50.4 Å². The Morgan fingerprint density at radius 2 is 1.61 bits per heavy atom. The van der Waals surface area contributed by atoms with Gasteiger partial charge in [0.25, 0.3) is 0 Å². The molecule has 0 heterocycles. The Bertz CT molecular complexity index is 915. The number of sulfonamides is 1. The molecule has 1 atom stereocenters. The summed E-state index contributed by atoms with van der Waals surface area (Å²) in [6.45, 7) is 9.00. The second-order valence-corrected chi connectivity index (χ2v) is 9.66. The first-order valence-corrected chi connectivity index (χ1v) is 10.7. The number of nitrogens with two attached hydrogens (primary N) is 1. The molecule has 3 N–H and O–H groups in total. The van der Waals surface area contributed by atoms with E-state index >= 15 is 0 Å². The van der Waals surface area contributed by atoms with Gasteiger partial charge in [-0.15, -0.1) is 0 Å². The maximum atomic E-state index is 12.5. The molecular formula is C21H29N3O3S. The van der Waals surface area contributed by atoms with E-state index in [4.69, 9.17) is 5.14 Å². The molecule has 2 aromatic rings. The summed E-state index contributed by atoms with van der Waals surface area (Å²) in [6, 6.07) is 13.9. The van der Waals surface area contributed by atoms with Gasteiger partial charge in [-0.1, -0.05) is 45.0 Å². The number of hydrogen-bond acceptors (Lipinski definition) is 4. The van der Waals surface area contributed by atoms with E-state index in [1.807, 2.05) is 18.9 Å². The van der Waals surface area contributed by atoms with Crippen LogP contribution in [0.5, 0.6) is 0 Å². The van der Waals surface area contributed by atoms with E-state index < -0.39 is 10.0 Å². The lowest BCUT2D eigenvalue weighted by Gasteiger charge is -2.25. The number of nitrogens with one attached hydrogen (secondary N) is 1. The van der Waals surface area contributed by atoms with E-state index in [0.29, 0.717) is 12.2 Å². The third-order valence-electron chi connectivity index (χ3n) is 4.74. The van der Waals surface area contributed by atoms with Crippen molar-refractivity contribution in [2.45, 2.75) is 50.6 Å². The lowest BCUT2D eigenvalue weighted by molar-refractivity contribution is -0.120. The molecule has 0 saturated carbocycles. The highest BCUT2D eigenvalue weighted by Gasteiger charge is 2.19.